The molecule has 4 nitrogen and oxygen atoms in total. The molecule has 0 saturated heterocycles. The predicted molar refractivity (Wildman–Crippen MR) is 78.6 cm³/mol. The van der Waals surface area contributed by atoms with Crippen LogP contribution in [0.2, 0.25) is 13.1 Å². The van der Waals surface area contributed by atoms with Crippen molar-refractivity contribution in [2.75, 3.05) is 0 Å². The van der Waals surface area contributed by atoms with Gasteiger partial charge < -0.3 is 4.43 Å². The maximum absolute atomic E-state index is 5.87. The first-order valence-electron chi connectivity index (χ1n) is 6.04. The van der Waals surface area contributed by atoms with E-state index in [0.717, 1.165) is 22.7 Å². The summed E-state index contributed by atoms with van der Waals surface area (Å²) in [4.78, 5) is 12.7. The summed E-state index contributed by atoms with van der Waals surface area (Å²) < 4.78 is 5.87. The molecule has 19 heavy (non-hydrogen) atoms. The Morgan fingerprint density at radius 2 is 2.11 bits per heavy atom. The van der Waals surface area contributed by atoms with Gasteiger partial charge in [-0.1, -0.05) is 12.1 Å². The van der Waals surface area contributed by atoms with E-state index in [9.17, 15) is 0 Å². The van der Waals surface area contributed by atoms with Gasteiger partial charge in [0.05, 0.1) is 18.1 Å². The smallest absolute Gasteiger partial charge is 0.274 e. The van der Waals surface area contributed by atoms with Gasteiger partial charge in [0.2, 0.25) is 0 Å². The van der Waals surface area contributed by atoms with Crippen LogP contribution in [0.4, 0.5) is 5.69 Å². The van der Waals surface area contributed by atoms with Crippen LogP contribution in [0.15, 0.2) is 41.8 Å². The topological polar surface area (TPSA) is 47.4 Å². The van der Waals surface area contributed by atoms with E-state index in [2.05, 4.69) is 28.1 Å². The minimum atomic E-state index is -0.809. The molecule has 2 rings (SSSR count). The molecule has 0 saturated carbocycles. The molecule has 97 valence electrons. The van der Waals surface area contributed by atoms with Gasteiger partial charge in [-0.15, -0.1) is 0 Å². The summed E-state index contributed by atoms with van der Waals surface area (Å²) in [6, 6.07) is 5.96. The Morgan fingerprint density at radius 3 is 2.79 bits per heavy atom. The highest BCUT2D eigenvalue weighted by molar-refractivity contribution is 6.49. The van der Waals surface area contributed by atoms with Gasteiger partial charge in [-0.3, -0.25) is 15.0 Å². The first kappa shape index (κ1) is 13.4. The zero-order valence-electron chi connectivity index (χ0n) is 11.3. The molecule has 0 spiro atoms. The molecular formula is C14H16N3OSi. The predicted octanol–water partition coefficient (Wildman–Crippen LogP) is 3.17. The Morgan fingerprint density at radius 1 is 1.26 bits per heavy atom. The molecule has 0 N–H and O–H groups in total. The third-order valence-corrected chi connectivity index (χ3v) is 3.05. The molecule has 2 aromatic rings. The molecule has 5 heteroatoms. The van der Waals surface area contributed by atoms with Crippen LogP contribution in [0.1, 0.15) is 11.3 Å². The molecular weight excluding hydrogens is 254 g/mol. The quantitative estimate of drug-likeness (QED) is 0.633. The number of nitrogens with zero attached hydrogens (tertiary/aromatic N) is 3. The molecule has 0 aliphatic carbocycles. The van der Waals surface area contributed by atoms with Gasteiger partial charge in [-0.25, -0.2) is 0 Å². The standard InChI is InChI=1S/C14H16N3OSi/c1-11-5-4-6-13(18-19(2)3)14(11)17-10-12-9-15-7-8-16-12/h4-10H,1-3H3. The van der Waals surface area contributed by atoms with Gasteiger partial charge in [0.1, 0.15) is 11.4 Å². The van der Waals surface area contributed by atoms with E-state index in [-0.39, 0.29) is 0 Å². The second-order valence-corrected chi connectivity index (χ2v) is 6.34. The summed E-state index contributed by atoms with van der Waals surface area (Å²) in [7, 11) is -0.809. The minimum Gasteiger partial charge on any atom is -0.541 e. The van der Waals surface area contributed by atoms with E-state index in [1.165, 1.54) is 0 Å². The SMILES string of the molecule is Cc1cccc(O[Si](C)C)c1N=Cc1cnccn1. The second-order valence-electron chi connectivity index (χ2n) is 4.32. The first-order valence-corrected chi connectivity index (χ1v) is 8.45. The summed E-state index contributed by atoms with van der Waals surface area (Å²) in [5, 5.41) is 0. The van der Waals surface area contributed by atoms with Gasteiger partial charge in [0.15, 0.2) is 0 Å². The lowest BCUT2D eigenvalue weighted by molar-refractivity contribution is 0.581. The monoisotopic (exact) mass is 270 g/mol. The van der Waals surface area contributed by atoms with Crippen molar-refractivity contribution in [3.05, 3.63) is 48.0 Å². The molecule has 0 amide bonds. The van der Waals surface area contributed by atoms with E-state index in [4.69, 9.17) is 4.43 Å². The number of para-hydroxylation sites is 1. The van der Waals surface area contributed by atoms with Crippen LogP contribution in [0.25, 0.3) is 0 Å². The van der Waals surface area contributed by atoms with Crippen molar-refractivity contribution in [2.24, 2.45) is 4.99 Å². The van der Waals surface area contributed by atoms with Crippen molar-refractivity contribution in [1.82, 2.24) is 9.97 Å². The number of hydrogen-bond donors (Lipinski definition) is 0. The molecule has 0 atom stereocenters. The molecule has 1 aromatic heterocycles. The largest absolute Gasteiger partial charge is 0.541 e. The van der Waals surface area contributed by atoms with Gasteiger partial charge in [0.25, 0.3) is 9.04 Å². The Bertz CT molecular complexity index is 570. The Hall–Kier alpha value is -2.01. The van der Waals surface area contributed by atoms with E-state index in [0.29, 0.717) is 0 Å². The lowest BCUT2D eigenvalue weighted by Gasteiger charge is -2.12. The highest BCUT2D eigenvalue weighted by Crippen LogP contribution is 2.31. The van der Waals surface area contributed by atoms with Crippen molar-refractivity contribution in [3.63, 3.8) is 0 Å². The maximum Gasteiger partial charge on any atom is 0.274 e. The number of aliphatic imine (C=N–C) groups is 1. The molecule has 1 radical (unpaired) electrons. The van der Waals surface area contributed by atoms with E-state index < -0.39 is 9.04 Å². The normalized spacial score (nSPS) is 11.2. The lowest BCUT2D eigenvalue weighted by Crippen LogP contribution is -2.11. The summed E-state index contributed by atoms with van der Waals surface area (Å²) in [6.07, 6.45) is 6.68. The third kappa shape index (κ3) is 3.72. The number of rotatable bonds is 4. The Kier molecular flexibility index (Phi) is 4.41. The lowest BCUT2D eigenvalue weighted by atomic mass is 10.2. The number of aryl methyl sites for hydroxylation is 1. The molecule has 0 fully saturated rings. The van der Waals surface area contributed by atoms with E-state index >= 15 is 0 Å². The van der Waals surface area contributed by atoms with Crippen molar-refractivity contribution < 1.29 is 4.43 Å². The molecule has 1 aromatic carbocycles. The van der Waals surface area contributed by atoms with Crippen LogP contribution in [0.3, 0.4) is 0 Å². The fourth-order valence-corrected chi connectivity index (χ4v) is 2.21. The van der Waals surface area contributed by atoms with Crippen molar-refractivity contribution in [1.29, 1.82) is 0 Å². The van der Waals surface area contributed by atoms with Crippen LogP contribution in [-0.4, -0.2) is 25.2 Å². The van der Waals surface area contributed by atoms with Gasteiger partial charge >= 0.3 is 0 Å². The molecule has 0 aliphatic heterocycles. The zero-order chi connectivity index (χ0) is 13.7. The van der Waals surface area contributed by atoms with Crippen molar-refractivity contribution in [3.8, 4) is 5.75 Å². The Labute approximate surface area is 114 Å². The van der Waals surface area contributed by atoms with Gasteiger partial charge in [-0.2, -0.15) is 0 Å². The summed E-state index contributed by atoms with van der Waals surface area (Å²) in [5.41, 5.74) is 2.68. The van der Waals surface area contributed by atoms with Crippen LogP contribution in [-0.2, 0) is 0 Å². The number of hydrogen-bond acceptors (Lipinski definition) is 4. The average molecular weight is 270 g/mol. The van der Waals surface area contributed by atoms with Crippen LogP contribution in [0, 0.1) is 6.92 Å². The van der Waals surface area contributed by atoms with E-state index in [1.807, 2.05) is 25.1 Å². The summed E-state index contributed by atoms with van der Waals surface area (Å²) >= 11 is 0. The first-order chi connectivity index (χ1) is 9.16. The summed E-state index contributed by atoms with van der Waals surface area (Å²) in [5.74, 6) is 0.832. The highest BCUT2D eigenvalue weighted by Gasteiger charge is 2.08. The van der Waals surface area contributed by atoms with Crippen LogP contribution < -0.4 is 4.43 Å². The zero-order valence-corrected chi connectivity index (χ0v) is 12.3. The van der Waals surface area contributed by atoms with Gasteiger partial charge in [-0.05, 0) is 31.6 Å². The molecule has 0 unspecified atom stereocenters. The highest BCUT2D eigenvalue weighted by atomic mass is 28.3. The fourth-order valence-electron chi connectivity index (χ4n) is 1.61. The maximum atomic E-state index is 5.87. The van der Waals surface area contributed by atoms with Crippen molar-refractivity contribution >= 4 is 20.9 Å². The third-order valence-electron chi connectivity index (χ3n) is 2.42. The second kappa shape index (κ2) is 6.24. The number of aromatic nitrogens is 2. The van der Waals surface area contributed by atoms with E-state index in [1.54, 1.807) is 24.8 Å². The summed E-state index contributed by atoms with van der Waals surface area (Å²) in [6.45, 7) is 6.22. The van der Waals surface area contributed by atoms with Gasteiger partial charge in [0, 0.05) is 12.4 Å². The number of benzene rings is 1. The molecule has 1 heterocycles. The fraction of sp³-hybridized carbons (Fsp3) is 0.214. The Balaban J connectivity index is 2.31. The van der Waals surface area contributed by atoms with Crippen molar-refractivity contribution in [2.45, 2.75) is 20.0 Å². The molecule has 0 bridgehead atoms. The van der Waals surface area contributed by atoms with Crippen LogP contribution >= 0.6 is 0 Å². The molecule has 0 aliphatic rings. The van der Waals surface area contributed by atoms with Crippen LogP contribution in [0.5, 0.6) is 5.75 Å². The minimum absolute atomic E-state index is 0.732. The average Bonchev–Trinajstić information content (AvgIpc) is 2.38.